The second-order valence-electron chi connectivity index (χ2n) is 5.82. The maximum absolute atomic E-state index is 11.9. The number of ether oxygens (including phenoxy) is 1. The molecule has 0 bridgehead atoms. The monoisotopic (exact) mass is 318 g/mol. The Bertz CT molecular complexity index is 585. The van der Waals surface area contributed by atoms with E-state index >= 15 is 0 Å². The largest absolute Gasteiger partial charge is 0.364 e. The first-order chi connectivity index (χ1) is 10.8. The lowest BCUT2D eigenvalue weighted by atomic mass is 10.1. The summed E-state index contributed by atoms with van der Waals surface area (Å²) >= 11 is 1.62. The van der Waals surface area contributed by atoms with Crippen LogP contribution in [0.25, 0.3) is 10.2 Å². The number of carbonyl (C=O) groups excluding carboxylic acids is 1. The predicted molar refractivity (Wildman–Crippen MR) is 88.9 cm³/mol. The van der Waals surface area contributed by atoms with E-state index in [1.54, 1.807) is 11.3 Å². The van der Waals surface area contributed by atoms with Gasteiger partial charge in [0, 0.05) is 6.04 Å². The summed E-state index contributed by atoms with van der Waals surface area (Å²) < 4.78 is 6.68. The van der Waals surface area contributed by atoms with Crippen LogP contribution in [0.5, 0.6) is 0 Å². The van der Waals surface area contributed by atoms with Crippen LogP contribution in [-0.2, 0) is 16.1 Å². The van der Waals surface area contributed by atoms with E-state index in [2.05, 4.69) is 16.4 Å². The molecule has 1 amide bonds. The van der Waals surface area contributed by atoms with Crippen LogP contribution in [0.4, 0.5) is 0 Å². The number of rotatable bonds is 5. The molecule has 4 nitrogen and oxygen atoms in total. The molecule has 0 unspecified atom stereocenters. The molecule has 2 aromatic rings. The van der Waals surface area contributed by atoms with Crippen LogP contribution in [0.15, 0.2) is 24.3 Å². The number of hydrogen-bond acceptors (Lipinski definition) is 4. The number of amides is 1. The molecule has 0 spiro atoms. The molecule has 0 atom stereocenters. The summed E-state index contributed by atoms with van der Waals surface area (Å²) in [6, 6.07) is 8.36. The third-order valence-electron chi connectivity index (χ3n) is 4.02. The zero-order chi connectivity index (χ0) is 15.2. The van der Waals surface area contributed by atoms with Crippen molar-refractivity contribution in [1.29, 1.82) is 0 Å². The number of fused-ring (bicyclic) bond motifs is 1. The highest BCUT2D eigenvalue weighted by Crippen LogP contribution is 2.22. The molecule has 1 heterocycles. The number of hydrogen-bond donors (Lipinski definition) is 1. The first kappa shape index (κ1) is 15.4. The summed E-state index contributed by atoms with van der Waals surface area (Å²) in [5.74, 6) is -0.00647. The van der Waals surface area contributed by atoms with Crippen molar-refractivity contribution in [3.8, 4) is 0 Å². The quantitative estimate of drug-likeness (QED) is 0.856. The molecule has 0 saturated heterocycles. The van der Waals surface area contributed by atoms with Crippen molar-refractivity contribution < 1.29 is 9.53 Å². The van der Waals surface area contributed by atoms with E-state index in [0.29, 0.717) is 12.6 Å². The zero-order valence-electron chi connectivity index (χ0n) is 12.7. The summed E-state index contributed by atoms with van der Waals surface area (Å²) in [6.07, 6.45) is 7.23. The van der Waals surface area contributed by atoms with Crippen molar-refractivity contribution >= 4 is 27.5 Å². The lowest BCUT2D eigenvalue weighted by Gasteiger charge is -2.15. The van der Waals surface area contributed by atoms with Crippen LogP contribution in [0.1, 0.15) is 43.5 Å². The highest BCUT2D eigenvalue weighted by Gasteiger charge is 2.14. The molecule has 0 radical (unpaired) electrons. The van der Waals surface area contributed by atoms with Gasteiger partial charge in [-0.25, -0.2) is 4.98 Å². The van der Waals surface area contributed by atoms with Crippen molar-refractivity contribution in [3.63, 3.8) is 0 Å². The average molecular weight is 318 g/mol. The van der Waals surface area contributed by atoms with E-state index in [4.69, 9.17) is 4.74 Å². The zero-order valence-corrected chi connectivity index (χ0v) is 13.5. The molecular weight excluding hydrogens is 296 g/mol. The van der Waals surface area contributed by atoms with Gasteiger partial charge in [0.2, 0.25) is 5.91 Å². The SMILES string of the molecule is O=C(COCc1nc2ccccc2s1)NC1CCCCCC1. The smallest absolute Gasteiger partial charge is 0.246 e. The van der Waals surface area contributed by atoms with Gasteiger partial charge in [0.15, 0.2) is 0 Å². The van der Waals surface area contributed by atoms with Gasteiger partial charge in [0.1, 0.15) is 11.6 Å². The van der Waals surface area contributed by atoms with Gasteiger partial charge in [-0.2, -0.15) is 0 Å². The van der Waals surface area contributed by atoms with Gasteiger partial charge < -0.3 is 10.1 Å². The number of nitrogens with zero attached hydrogens (tertiary/aromatic N) is 1. The Balaban J connectivity index is 1.43. The summed E-state index contributed by atoms with van der Waals surface area (Å²) in [5.41, 5.74) is 0.994. The minimum absolute atomic E-state index is 0.00647. The fourth-order valence-electron chi connectivity index (χ4n) is 2.91. The molecule has 1 saturated carbocycles. The van der Waals surface area contributed by atoms with E-state index in [-0.39, 0.29) is 12.5 Å². The van der Waals surface area contributed by atoms with Crippen molar-refractivity contribution in [3.05, 3.63) is 29.3 Å². The van der Waals surface area contributed by atoms with Crippen molar-refractivity contribution in [2.24, 2.45) is 0 Å². The number of benzene rings is 1. The van der Waals surface area contributed by atoms with Gasteiger partial charge in [0.05, 0.1) is 16.8 Å². The fraction of sp³-hybridized carbons (Fsp3) is 0.529. The van der Waals surface area contributed by atoms with Crippen LogP contribution < -0.4 is 5.32 Å². The van der Waals surface area contributed by atoms with Crippen LogP contribution in [0, 0.1) is 0 Å². The molecule has 1 aromatic carbocycles. The van der Waals surface area contributed by atoms with Gasteiger partial charge in [-0.3, -0.25) is 4.79 Å². The van der Waals surface area contributed by atoms with Crippen molar-refractivity contribution in [2.45, 2.75) is 51.2 Å². The number of aromatic nitrogens is 1. The summed E-state index contributed by atoms with van der Waals surface area (Å²) in [5, 5.41) is 4.01. The van der Waals surface area contributed by atoms with E-state index in [0.717, 1.165) is 28.1 Å². The topological polar surface area (TPSA) is 51.2 Å². The normalized spacial score (nSPS) is 16.5. The van der Waals surface area contributed by atoms with Crippen LogP contribution >= 0.6 is 11.3 Å². The number of thiazole rings is 1. The first-order valence-corrected chi connectivity index (χ1v) is 8.84. The standard InChI is InChI=1S/C17H22N2O2S/c20-16(18-13-7-3-1-2-4-8-13)11-21-12-17-19-14-9-5-6-10-15(14)22-17/h5-6,9-10,13H,1-4,7-8,11-12H2,(H,18,20). The second-order valence-corrected chi connectivity index (χ2v) is 6.94. The lowest BCUT2D eigenvalue weighted by molar-refractivity contribution is -0.126. The van der Waals surface area contributed by atoms with E-state index < -0.39 is 0 Å². The second kappa shape index (κ2) is 7.70. The Kier molecular flexibility index (Phi) is 5.40. The molecule has 22 heavy (non-hydrogen) atoms. The first-order valence-electron chi connectivity index (χ1n) is 8.03. The highest BCUT2D eigenvalue weighted by molar-refractivity contribution is 7.18. The third-order valence-corrected chi connectivity index (χ3v) is 5.03. The van der Waals surface area contributed by atoms with E-state index in [1.807, 2.05) is 18.2 Å². The van der Waals surface area contributed by atoms with Gasteiger partial charge in [-0.1, -0.05) is 37.8 Å². The van der Waals surface area contributed by atoms with Crippen LogP contribution in [-0.4, -0.2) is 23.5 Å². The van der Waals surface area contributed by atoms with Gasteiger partial charge in [-0.05, 0) is 25.0 Å². The summed E-state index contributed by atoms with van der Waals surface area (Å²) in [7, 11) is 0. The molecule has 1 aliphatic carbocycles. The lowest BCUT2D eigenvalue weighted by Crippen LogP contribution is -2.36. The molecule has 3 rings (SSSR count). The van der Waals surface area contributed by atoms with Crippen LogP contribution in [0.3, 0.4) is 0 Å². The molecule has 0 aliphatic heterocycles. The van der Waals surface area contributed by atoms with Crippen LogP contribution in [0.2, 0.25) is 0 Å². The minimum atomic E-state index is -0.00647. The van der Waals surface area contributed by atoms with Crippen molar-refractivity contribution in [1.82, 2.24) is 10.3 Å². The highest BCUT2D eigenvalue weighted by atomic mass is 32.1. The summed E-state index contributed by atoms with van der Waals surface area (Å²) in [4.78, 5) is 16.4. The van der Waals surface area contributed by atoms with E-state index in [1.165, 1.54) is 25.7 Å². The number of carbonyl (C=O) groups is 1. The maximum atomic E-state index is 11.9. The maximum Gasteiger partial charge on any atom is 0.246 e. The Morgan fingerprint density at radius 3 is 2.77 bits per heavy atom. The Morgan fingerprint density at radius 1 is 1.23 bits per heavy atom. The fourth-order valence-corrected chi connectivity index (χ4v) is 3.81. The third kappa shape index (κ3) is 4.27. The number of para-hydroxylation sites is 1. The Hall–Kier alpha value is -1.46. The van der Waals surface area contributed by atoms with Gasteiger partial charge in [-0.15, -0.1) is 11.3 Å². The molecule has 5 heteroatoms. The molecular formula is C17H22N2O2S. The average Bonchev–Trinajstić information content (AvgIpc) is 2.75. The van der Waals surface area contributed by atoms with Gasteiger partial charge in [0.25, 0.3) is 0 Å². The molecule has 1 N–H and O–H groups in total. The van der Waals surface area contributed by atoms with E-state index in [9.17, 15) is 4.79 Å². The Morgan fingerprint density at radius 2 is 2.00 bits per heavy atom. The summed E-state index contributed by atoms with van der Waals surface area (Å²) in [6.45, 7) is 0.518. The molecule has 118 valence electrons. The number of nitrogens with one attached hydrogen (secondary N) is 1. The van der Waals surface area contributed by atoms with Gasteiger partial charge >= 0.3 is 0 Å². The molecule has 1 aromatic heterocycles. The molecule has 1 fully saturated rings. The van der Waals surface area contributed by atoms with Crippen molar-refractivity contribution in [2.75, 3.05) is 6.61 Å². The molecule has 1 aliphatic rings. The predicted octanol–water partition coefficient (Wildman–Crippen LogP) is 3.65. The minimum Gasteiger partial charge on any atom is -0.364 e. The Labute approximate surface area is 134 Å².